The summed E-state index contributed by atoms with van der Waals surface area (Å²) in [5.74, 6) is -0.682. The lowest BCUT2D eigenvalue weighted by Gasteiger charge is -2.03. The van der Waals surface area contributed by atoms with Crippen molar-refractivity contribution in [2.45, 2.75) is 6.92 Å². The van der Waals surface area contributed by atoms with E-state index in [-0.39, 0.29) is 18.3 Å². The van der Waals surface area contributed by atoms with Gasteiger partial charge in [0.2, 0.25) is 5.91 Å². The van der Waals surface area contributed by atoms with Gasteiger partial charge in [-0.25, -0.2) is 0 Å². The second-order valence-corrected chi connectivity index (χ2v) is 4.08. The van der Waals surface area contributed by atoms with Crippen LogP contribution in [0, 0.1) is 0 Å². The van der Waals surface area contributed by atoms with Crippen LogP contribution in [0.25, 0.3) is 0 Å². The minimum absolute atomic E-state index is 0. The predicted molar refractivity (Wildman–Crippen MR) is 71.0 cm³/mol. The quantitative estimate of drug-likeness (QED) is 0.666. The second-order valence-electron chi connectivity index (χ2n) is 3.17. The summed E-state index contributed by atoms with van der Waals surface area (Å²) in [7, 11) is 0. The number of rotatable bonds is 6. The van der Waals surface area contributed by atoms with Gasteiger partial charge < -0.3 is 16.4 Å². The third-order valence-corrected chi connectivity index (χ3v) is 2.87. The average Bonchev–Trinajstić information content (AvgIpc) is 2.73. The number of hydrogen-bond acceptors (Lipinski definition) is 4. The van der Waals surface area contributed by atoms with Crippen LogP contribution in [0.4, 0.5) is 0 Å². The maximum atomic E-state index is 11.6. The molecule has 0 saturated carbocycles. The minimum Gasteiger partial charge on any atom is -0.366 e. The third-order valence-electron chi connectivity index (χ3n) is 1.95. The van der Waals surface area contributed by atoms with Crippen LogP contribution < -0.4 is 16.4 Å². The number of nitrogens with one attached hydrogen (secondary N) is 2. The van der Waals surface area contributed by atoms with E-state index < -0.39 is 5.91 Å². The molecule has 5 nitrogen and oxygen atoms in total. The molecule has 0 radical (unpaired) electrons. The fourth-order valence-corrected chi connectivity index (χ4v) is 1.93. The number of carbonyl (C=O) groups is 2. The largest absolute Gasteiger partial charge is 0.366 e. The molecular weight excluding hydrogens is 262 g/mol. The fourth-order valence-electron chi connectivity index (χ4n) is 1.11. The van der Waals surface area contributed by atoms with Gasteiger partial charge in [0, 0.05) is 18.5 Å². The Morgan fingerprint density at radius 2 is 2.12 bits per heavy atom. The van der Waals surface area contributed by atoms with E-state index in [0.29, 0.717) is 17.0 Å². The van der Waals surface area contributed by atoms with Gasteiger partial charge in [-0.1, -0.05) is 6.92 Å². The minimum atomic E-state index is -0.511. The zero-order chi connectivity index (χ0) is 12.0. The molecule has 0 atom stereocenters. The Balaban J connectivity index is 0.00000256. The summed E-state index contributed by atoms with van der Waals surface area (Å²) in [6, 6.07) is 1.51. The number of halogens is 1. The van der Waals surface area contributed by atoms with Crippen LogP contribution in [-0.2, 0) is 0 Å². The summed E-state index contributed by atoms with van der Waals surface area (Å²) in [4.78, 5) is 22.9. The van der Waals surface area contributed by atoms with E-state index in [4.69, 9.17) is 5.73 Å². The van der Waals surface area contributed by atoms with Crippen molar-refractivity contribution in [2.75, 3.05) is 19.6 Å². The van der Waals surface area contributed by atoms with Gasteiger partial charge in [0.15, 0.2) is 0 Å². The third kappa shape index (κ3) is 5.16. The van der Waals surface area contributed by atoms with E-state index in [1.807, 2.05) is 6.92 Å². The Kier molecular flexibility index (Phi) is 7.53. The van der Waals surface area contributed by atoms with Crippen molar-refractivity contribution < 1.29 is 9.59 Å². The first-order valence-corrected chi connectivity index (χ1v) is 5.90. The Labute approximate surface area is 110 Å². The Hall–Kier alpha value is -1.11. The summed E-state index contributed by atoms with van der Waals surface area (Å²) in [5, 5.41) is 7.42. The van der Waals surface area contributed by atoms with Crippen LogP contribution in [0.1, 0.15) is 27.0 Å². The molecular formula is C10H16ClN3O2S. The van der Waals surface area contributed by atoms with Gasteiger partial charge in [-0.15, -0.1) is 23.7 Å². The molecule has 2 amide bonds. The van der Waals surface area contributed by atoms with E-state index in [1.54, 1.807) is 5.38 Å². The van der Waals surface area contributed by atoms with Gasteiger partial charge in [-0.3, -0.25) is 9.59 Å². The number of primary amides is 1. The summed E-state index contributed by atoms with van der Waals surface area (Å²) >= 11 is 1.22. The van der Waals surface area contributed by atoms with E-state index in [2.05, 4.69) is 10.6 Å². The zero-order valence-corrected chi connectivity index (χ0v) is 11.1. The molecule has 96 valence electrons. The molecule has 1 aromatic rings. The molecule has 17 heavy (non-hydrogen) atoms. The van der Waals surface area contributed by atoms with Crippen LogP contribution in [0.15, 0.2) is 11.4 Å². The smallest absolute Gasteiger partial charge is 0.261 e. The molecule has 7 heteroatoms. The van der Waals surface area contributed by atoms with Crippen molar-refractivity contribution in [3.05, 3.63) is 21.9 Å². The number of likely N-dealkylation sites (N-methyl/N-ethyl adjacent to an activating group) is 1. The van der Waals surface area contributed by atoms with Crippen molar-refractivity contribution >= 4 is 35.6 Å². The summed E-state index contributed by atoms with van der Waals surface area (Å²) in [6.07, 6.45) is 0. The average molecular weight is 278 g/mol. The number of thiophene rings is 1. The molecule has 0 aromatic carbocycles. The first-order valence-electron chi connectivity index (χ1n) is 5.02. The highest BCUT2D eigenvalue weighted by molar-refractivity contribution is 7.12. The highest BCUT2D eigenvalue weighted by Crippen LogP contribution is 2.13. The molecule has 0 aliphatic carbocycles. The lowest BCUT2D eigenvalue weighted by molar-refractivity contribution is 0.0958. The number of hydrogen-bond donors (Lipinski definition) is 3. The molecule has 0 bridgehead atoms. The van der Waals surface area contributed by atoms with Crippen molar-refractivity contribution in [3.8, 4) is 0 Å². The number of amides is 2. The number of nitrogens with two attached hydrogens (primary N) is 1. The summed E-state index contributed by atoms with van der Waals surface area (Å²) in [6.45, 7) is 4.17. The molecule has 0 fully saturated rings. The van der Waals surface area contributed by atoms with E-state index in [0.717, 1.165) is 13.1 Å². The molecule has 1 heterocycles. The molecule has 0 unspecified atom stereocenters. The lowest BCUT2D eigenvalue weighted by atomic mass is 10.3. The molecule has 4 N–H and O–H groups in total. The van der Waals surface area contributed by atoms with Crippen molar-refractivity contribution in [3.63, 3.8) is 0 Å². The summed E-state index contributed by atoms with van der Waals surface area (Å²) in [5.41, 5.74) is 5.47. The van der Waals surface area contributed by atoms with Crippen LogP contribution in [0.2, 0.25) is 0 Å². The molecule has 0 saturated heterocycles. The van der Waals surface area contributed by atoms with Crippen LogP contribution in [0.5, 0.6) is 0 Å². The standard InChI is InChI=1S/C10H15N3O2S.ClH/c1-2-12-3-4-13-10(15)8-5-7(6-16-8)9(11)14;/h5-6,12H,2-4H2,1H3,(H2,11,14)(H,13,15);1H. The molecule has 1 aromatic heterocycles. The first kappa shape index (κ1) is 15.9. The first-order chi connectivity index (χ1) is 7.65. The van der Waals surface area contributed by atoms with Gasteiger partial charge in [-0.05, 0) is 12.6 Å². The number of carbonyl (C=O) groups excluding carboxylic acids is 2. The van der Waals surface area contributed by atoms with E-state index in [1.165, 1.54) is 17.4 Å². The topological polar surface area (TPSA) is 84.2 Å². The van der Waals surface area contributed by atoms with Crippen molar-refractivity contribution in [1.82, 2.24) is 10.6 Å². The van der Waals surface area contributed by atoms with E-state index in [9.17, 15) is 9.59 Å². The second kappa shape index (κ2) is 8.05. The maximum absolute atomic E-state index is 11.6. The highest BCUT2D eigenvalue weighted by Gasteiger charge is 2.10. The fraction of sp³-hybridized carbons (Fsp3) is 0.400. The zero-order valence-electron chi connectivity index (χ0n) is 9.49. The SMILES string of the molecule is CCNCCNC(=O)c1cc(C(N)=O)cs1.Cl. The molecule has 1 rings (SSSR count). The van der Waals surface area contributed by atoms with Gasteiger partial charge in [-0.2, -0.15) is 0 Å². The van der Waals surface area contributed by atoms with E-state index >= 15 is 0 Å². The Morgan fingerprint density at radius 3 is 2.65 bits per heavy atom. The normalized spacial score (nSPS) is 9.47. The Bertz CT molecular complexity index is 381. The van der Waals surface area contributed by atoms with Crippen LogP contribution in [-0.4, -0.2) is 31.4 Å². The highest BCUT2D eigenvalue weighted by atomic mass is 35.5. The Morgan fingerprint density at radius 1 is 1.41 bits per heavy atom. The van der Waals surface area contributed by atoms with Gasteiger partial charge in [0.1, 0.15) is 0 Å². The molecule has 0 aliphatic heterocycles. The summed E-state index contributed by atoms with van der Waals surface area (Å²) < 4.78 is 0. The predicted octanol–water partition coefficient (Wildman–Crippen LogP) is 0.608. The van der Waals surface area contributed by atoms with Gasteiger partial charge in [0.25, 0.3) is 5.91 Å². The monoisotopic (exact) mass is 277 g/mol. The lowest BCUT2D eigenvalue weighted by Crippen LogP contribution is -2.31. The van der Waals surface area contributed by atoms with Crippen molar-refractivity contribution in [2.24, 2.45) is 5.73 Å². The van der Waals surface area contributed by atoms with Crippen LogP contribution in [0.3, 0.4) is 0 Å². The van der Waals surface area contributed by atoms with Crippen molar-refractivity contribution in [1.29, 1.82) is 0 Å². The molecule has 0 spiro atoms. The van der Waals surface area contributed by atoms with Crippen LogP contribution >= 0.6 is 23.7 Å². The maximum Gasteiger partial charge on any atom is 0.261 e. The molecule has 0 aliphatic rings. The van der Waals surface area contributed by atoms with Gasteiger partial charge >= 0.3 is 0 Å². The van der Waals surface area contributed by atoms with Gasteiger partial charge in [0.05, 0.1) is 10.4 Å².